The molecule has 1 aromatic carbocycles. The number of ether oxygens (including phenoxy) is 1. The Morgan fingerprint density at radius 3 is 2.58 bits per heavy atom. The topological polar surface area (TPSA) is 81.4 Å². The van der Waals surface area contributed by atoms with Gasteiger partial charge >= 0.3 is 0 Å². The van der Waals surface area contributed by atoms with Gasteiger partial charge in [-0.05, 0) is 60.0 Å². The summed E-state index contributed by atoms with van der Waals surface area (Å²) in [6.07, 6.45) is 0.686. The van der Waals surface area contributed by atoms with E-state index in [1.807, 2.05) is 20.8 Å². The Morgan fingerprint density at radius 1 is 1.33 bits per heavy atom. The number of primary amides is 1. The van der Waals surface area contributed by atoms with E-state index in [-0.39, 0.29) is 5.91 Å². The Labute approximate surface area is 153 Å². The second kappa shape index (κ2) is 7.81. The summed E-state index contributed by atoms with van der Waals surface area (Å²) in [4.78, 5) is 25.2. The first kappa shape index (κ1) is 18.5. The van der Waals surface area contributed by atoms with E-state index in [0.29, 0.717) is 39.4 Å². The van der Waals surface area contributed by atoms with Crippen LogP contribution in [0, 0.1) is 6.92 Å². The molecule has 0 saturated carbocycles. The number of hydrogen-bond donors (Lipinski definition) is 2. The van der Waals surface area contributed by atoms with Crippen LogP contribution in [0.5, 0.6) is 5.75 Å². The molecular formula is C17H19BrN2O3S. The molecule has 1 aromatic heterocycles. The van der Waals surface area contributed by atoms with E-state index in [2.05, 4.69) is 21.2 Å². The molecule has 0 saturated heterocycles. The van der Waals surface area contributed by atoms with E-state index in [9.17, 15) is 9.59 Å². The molecule has 0 fully saturated rings. The third-order valence-electron chi connectivity index (χ3n) is 3.53. The van der Waals surface area contributed by atoms with E-state index in [1.165, 1.54) is 11.3 Å². The molecule has 128 valence electrons. The van der Waals surface area contributed by atoms with Gasteiger partial charge in [0.05, 0.1) is 16.6 Å². The van der Waals surface area contributed by atoms with Gasteiger partial charge in [0.2, 0.25) is 0 Å². The van der Waals surface area contributed by atoms with Crippen molar-refractivity contribution >= 4 is 44.1 Å². The second-order valence-electron chi connectivity index (χ2n) is 5.09. The highest BCUT2D eigenvalue weighted by atomic mass is 79.9. The molecular weight excluding hydrogens is 392 g/mol. The summed E-state index contributed by atoms with van der Waals surface area (Å²) in [5.74, 6) is -0.156. The van der Waals surface area contributed by atoms with Crippen LogP contribution in [-0.4, -0.2) is 18.4 Å². The number of rotatable bonds is 6. The van der Waals surface area contributed by atoms with Crippen LogP contribution < -0.4 is 15.8 Å². The molecule has 7 heteroatoms. The Hall–Kier alpha value is -1.86. The molecule has 5 nitrogen and oxygen atoms in total. The smallest absolute Gasteiger partial charge is 0.256 e. The molecule has 1 heterocycles. The molecule has 2 rings (SSSR count). The summed E-state index contributed by atoms with van der Waals surface area (Å²) in [6, 6.07) is 5.09. The van der Waals surface area contributed by atoms with E-state index in [4.69, 9.17) is 10.5 Å². The quantitative estimate of drug-likeness (QED) is 0.750. The summed E-state index contributed by atoms with van der Waals surface area (Å²) in [5.41, 5.74) is 7.24. The zero-order chi connectivity index (χ0) is 17.9. The van der Waals surface area contributed by atoms with Crippen LogP contribution >= 0.6 is 27.3 Å². The number of hydrogen-bond acceptors (Lipinski definition) is 4. The normalized spacial score (nSPS) is 10.5. The number of nitrogens with two attached hydrogens (primary N) is 1. The first-order chi connectivity index (χ1) is 11.4. The van der Waals surface area contributed by atoms with Crippen LogP contribution in [0.2, 0.25) is 0 Å². The fraction of sp³-hybridized carbons (Fsp3) is 0.294. The van der Waals surface area contributed by atoms with Crippen LogP contribution in [0.25, 0.3) is 0 Å². The number of carbonyl (C=O) groups is 2. The number of anilines is 1. The summed E-state index contributed by atoms with van der Waals surface area (Å²) in [7, 11) is 0. The highest BCUT2D eigenvalue weighted by Gasteiger charge is 2.21. The third-order valence-corrected chi connectivity index (χ3v) is 5.21. The predicted octanol–water partition coefficient (Wildman–Crippen LogP) is 4.13. The van der Waals surface area contributed by atoms with Gasteiger partial charge in [0.25, 0.3) is 11.8 Å². The zero-order valence-electron chi connectivity index (χ0n) is 13.7. The minimum Gasteiger partial charge on any atom is -0.493 e. The van der Waals surface area contributed by atoms with Gasteiger partial charge in [0.1, 0.15) is 10.8 Å². The summed E-state index contributed by atoms with van der Waals surface area (Å²) < 4.78 is 6.13. The predicted molar refractivity (Wildman–Crippen MR) is 100 cm³/mol. The molecule has 0 bridgehead atoms. The van der Waals surface area contributed by atoms with Crippen molar-refractivity contribution in [3.05, 3.63) is 44.2 Å². The van der Waals surface area contributed by atoms with E-state index in [0.717, 1.165) is 10.4 Å². The number of benzene rings is 1. The molecule has 0 unspecified atom stereocenters. The highest BCUT2D eigenvalue weighted by Crippen LogP contribution is 2.34. The van der Waals surface area contributed by atoms with Gasteiger partial charge in [0, 0.05) is 10.4 Å². The lowest BCUT2D eigenvalue weighted by atomic mass is 10.1. The SMILES string of the molecule is CCOc1ccc(C(=O)Nc2sc(C)c(CC)c2C(N)=O)cc1Br. The highest BCUT2D eigenvalue weighted by molar-refractivity contribution is 9.10. The van der Waals surface area contributed by atoms with Crippen molar-refractivity contribution in [2.24, 2.45) is 5.73 Å². The minimum absolute atomic E-state index is 0.301. The lowest BCUT2D eigenvalue weighted by Crippen LogP contribution is -2.18. The number of aryl methyl sites for hydroxylation is 1. The minimum atomic E-state index is -0.528. The van der Waals surface area contributed by atoms with E-state index >= 15 is 0 Å². The molecule has 0 spiro atoms. The lowest BCUT2D eigenvalue weighted by molar-refractivity contribution is 0.100. The van der Waals surface area contributed by atoms with Gasteiger partial charge in [-0.15, -0.1) is 11.3 Å². The van der Waals surface area contributed by atoms with Gasteiger partial charge < -0.3 is 15.8 Å². The second-order valence-corrected chi connectivity index (χ2v) is 7.17. The molecule has 0 aliphatic rings. The van der Waals surface area contributed by atoms with Crippen LogP contribution in [-0.2, 0) is 6.42 Å². The van der Waals surface area contributed by atoms with Crippen LogP contribution in [0.4, 0.5) is 5.00 Å². The number of amides is 2. The van der Waals surface area contributed by atoms with E-state index in [1.54, 1.807) is 18.2 Å². The van der Waals surface area contributed by atoms with Gasteiger partial charge in [-0.3, -0.25) is 9.59 Å². The fourth-order valence-corrected chi connectivity index (χ4v) is 4.08. The molecule has 0 radical (unpaired) electrons. The first-order valence-corrected chi connectivity index (χ1v) is 9.15. The van der Waals surface area contributed by atoms with Crippen molar-refractivity contribution in [2.45, 2.75) is 27.2 Å². The molecule has 2 amide bonds. The van der Waals surface area contributed by atoms with Crippen molar-refractivity contribution in [1.82, 2.24) is 0 Å². The van der Waals surface area contributed by atoms with Crippen molar-refractivity contribution in [1.29, 1.82) is 0 Å². The number of halogens is 1. The zero-order valence-corrected chi connectivity index (χ0v) is 16.1. The average Bonchev–Trinajstić information content (AvgIpc) is 2.84. The van der Waals surface area contributed by atoms with Gasteiger partial charge in [0.15, 0.2) is 0 Å². The maximum absolute atomic E-state index is 12.5. The van der Waals surface area contributed by atoms with Crippen LogP contribution in [0.3, 0.4) is 0 Å². The van der Waals surface area contributed by atoms with Gasteiger partial charge in [-0.25, -0.2) is 0 Å². The Balaban J connectivity index is 2.30. The molecule has 24 heavy (non-hydrogen) atoms. The maximum Gasteiger partial charge on any atom is 0.256 e. The van der Waals surface area contributed by atoms with Crippen molar-refractivity contribution in [3.8, 4) is 5.75 Å². The largest absolute Gasteiger partial charge is 0.493 e. The van der Waals surface area contributed by atoms with E-state index < -0.39 is 5.91 Å². The molecule has 3 N–H and O–H groups in total. The molecule has 0 aliphatic heterocycles. The van der Waals surface area contributed by atoms with Crippen molar-refractivity contribution in [3.63, 3.8) is 0 Å². The van der Waals surface area contributed by atoms with Gasteiger partial charge in [-0.1, -0.05) is 6.92 Å². The summed E-state index contributed by atoms with van der Waals surface area (Å²) in [6.45, 7) is 6.30. The Kier molecular flexibility index (Phi) is 6.01. The van der Waals surface area contributed by atoms with Crippen molar-refractivity contribution in [2.75, 3.05) is 11.9 Å². The lowest BCUT2D eigenvalue weighted by Gasteiger charge is -2.09. The molecule has 2 aromatic rings. The monoisotopic (exact) mass is 410 g/mol. The number of nitrogens with one attached hydrogen (secondary N) is 1. The molecule has 0 atom stereocenters. The first-order valence-electron chi connectivity index (χ1n) is 7.54. The maximum atomic E-state index is 12.5. The Bertz CT molecular complexity index is 786. The third kappa shape index (κ3) is 3.79. The van der Waals surface area contributed by atoms with Crippen LogP contribution in [0.15, 0.2) is 22.7 Å². The summed E-state index contributed by atoms with van der Waals surface area (Å²) >= 11 is 4.75. The summed E-state index contributed by atoms with van der Waals surface area (Å²) in [5, 5.41) is 3.29. The Morgan fingerprint density at radius 2 is 2.04 bits per heavy atom. The number of carbonyl (C=O) groups excluding carboxylic acids is 2. The van der Waals surface area contributed by atoms with Gasteiger partial charge in [-0.2, -0.15) is 0 Å². The average molecular weight is 411 g/mol. The van der Waals surface area contributed by atoms with Crippen molar-refractivity contribution < 1.29 is 14.3 Å². The molecule has 0 aliphatic carbocycles. The fourth-order valence-electron chi connectivity index (χ4n) is 2.44. The standard InChI is InChI=1S/C17H19BrN2O3S/c1-4-11-9(3)24-17(14(11)15(19)21)20-16(22)10-6-7-13(23-5-2)12(18)8-10/h6-8H,4-5H2,1-3H3,(H2,19,21)(H,20,22). The van der Waals surface area contributed by atoms with Crippen LogP contribution in [0.1, 0.15) is 45.0 Å². The number of thiophene rings is 1.